The third-order valence-electron chi connectivity index (χ3n) is 3.40. The SMILES string of the molecule is Cc1nnc(SCC(C#N)(NC2CC2)c2ccccc2)s1. The number of hydrogen-bond acceptors (Lipinski definition) is 6. The molecule has 1 aromatic carbocycles. The topological polar surface area (TPSA) is 61.6 Å². The highest BCUT2D eigenvalue weighted by Gasteiger charge is 2.38. The molecule has 0 saturated heterocycles. The van der Waals surface area contributed by atoms with E-state index in [0.29, 0.717) is 11.8 Å². The Bertz CT molecular complexity index is 645. The smallest absolute Gasteiger partial charge is 0.174 e. The van der Waals surface area contributed by atoms with E-state index in [0.717, 1.165) is 27.8 Å². The molecule has 0 aliphatic heterocycles. The fourth-order valence-corrected chi connectivity index (χ4v) is 4.09. The van der Waals surface area contributed by atoms with Gasteiger partial charge in [-0.2, -0.15) is 5.26 Å². The predicted molar refractivity (Wildman–Crippen MR) is 85.3 cm³/mol. The molecule has 1 unspecified atom stereocenters. The van der Waals surface area contributed by atoms with E-state index in [-0.39, 0.29) is 0 Å². The van der Waals surface area contributed by atoms with Gasteiger partial charge in [0.1, 0.15) is 10.5 Å². The molecule has 0 amide bonds. The number of thioether (sulfide) groups is 1. The summed E-state index contributed by atoms with van der Waals surface area (Å²) in [5.41, 5.74) is 0.361. The maximum Gasteiger partial charge on any atom is 0.174 e. The van der Waals surface area contributed by atoms with Crippen molar-refractivity contribution in [3.63, 3.8) is 0 Å². The molecule has 1 aromatic heterocycles. The Kier molecular flexibility index (Phi) is 4.24. The highest BCUT2D eigenvalue weighted by molar-refractivity contribution is 8.01. The quantitative estimate of drug-likeness (QED) is 0.830. The van der Waals surface area contributed by atoms with Crippen LogP contribution in [0.5, 0.6) is 0 Å². The van der Waals surface area contributed by atoms with Crippen molar-refractivity contribution in [3.05, 3.63) is 40.9 Å². The molecule has 1 atom stereocenters. The van der Waals surface area contributed by atoms with Gasteiger partial charge < -0.3 is 0 Å². The monoisotopic (exact) mass is 316 g/mol. The Morgan fingerprint density at radius 2 is 2.14 bits per heavy atom. The largest absolute Gasteiger partial charge is 0.292 e. The average molecular weight is 316 g/mol. The van der Waals surface area contributed by atoms with Crippen LogP contribution in [-0.4, -0.2) is 22.0 Å². The lowest BCUT2D eigenvalue weighted by molar-refractivity contribution is 0.470. The maximum absolute atomic E-state index is 9.83. The molecule has 3 rings (SSSR count). The third-order valence-corrected chi connectivity index (χ3v) is 5.55. The number of hydrogen-bond donors (Lipinski definition) is 1. The lowest BCUT2D eigenvalue weighted by Gasteiger charge is -2.28. The second kappa shape index (κ2) is 6.14. The van der Waals surface area contributed by atoms with Gasteiger partial charge in [-0.3, -0.25) is 5.32 Å². The molecule has 4 nitrogen and oxygen atoms in total. The van der Waals surface area contributed by atoms with Crippen LogP contribution in [0.1, 0.15) is 23.4 Å². The molecule has 0 radical (unpaired) electrons. The lowest BCUT2D eigenvalue weighted by atomic mass is 9.93. The van der Waals surface area contributed by atoms with E-state index in [2.05, 4.69) is 21.6 Å². The maximum atomic E-state index is 9.83. The molecule has 1 saturated carbocycles. The Morgan fingerprint density at radius 1 is 1.38 bits per heavy atom. The van der Waals surface area contributed by atoms with Crippen LogP contribution in [0.4, 0.5) is 0 Å². The van der Waals surface area contributed by atoms with Crippen LogP contribution >= 0.6 is 23.1 Å². The molecule has 0 bridgehead atoms. The zero-order valence-electron chi connectivity index (χ0n) is 11.7. The molecule has 1 heterocycles. The summed E-state index contributed by atoms with van der Waals surface area (Å²) >= 11 is 3.17. The molecule has 6 heteroatoms. The molecule has 1 N–H and O–H groups in total. The minimum atomic E-state index is -0.660. The van der Waals surface area contributed by atoms with Crippen molar-refractivity contribution in [2.75, 3.05) is 5.75 Å². The summed E-state index contributed by atoms with van der Waals surface area (Å²) in [6.07, 6.45) is 2.30. The summed E-state index contributed by atoms with van der Waals surface area (Å²) in [6.45, 7) is 1.94. The summed E-state index contributed by atoms with van der Waals surface area (Å²) < 4.78 is 0.917. The van der Waals surface area contributed by atoms with Crippen LogP contribution in [-0.2, 0) is 5.54 Å². The fraction of sp³-hybridized carbons (Fsp3) is 0.400. The van der Waals surface area contributed by atoms with Crippen LogP contribution < -0.4 is 5.32 Å². The first-order valence-corrected chi connectivity index (χ1v) is 8.69. The number of aromatic nitrogens is 2. The summed E-state index contributed by atoms with van der Waals surface area (Å²) in [7, 11) is 0. The molecular formula is C15H16N4S2. The van der Waals surface area contributed by atoms with Crippen molar-refractivity contribution < 1.29 is 0 Å². The zero-order chi connectivity index (χ0) is 14.7. The van der Waals surface area contributed by atoms with Gasteiger partial charge in [0.25, 0.3) is 0 Å². The standard InChI is InChI=1S/C15H16N4S2/c1-11-18-19-14(21-11)20-10-15(9-16,17-13-7-8-13)12-5-3-2-4-6-12/h2-6,13,17H,7-8,10H2,1H3. The third kappa shape index (κ3) is 3.43. The molecular weight excluding hydrogens is 300 g/mol. The van der Waals surface area contributed by atoms with E-state index in [1.54, 1.807) is 23.1 Å². The van der Waals surface area contributed by atoms with Gasteiger partial charge in [-0.1, -0.05) is 53.4 Å². The Morgan fingerprint density at radius 3 is 2.71 bits per heavy atom. The first-order valence-electron chi connectivity index (χ1n) is 6.89. The highest BCUT2D eigenvalue weighted by atomic mass is 32.2. The number of benzene rings is 1. The molecule has 1 fully saturated rings. The number of rotatable bonds is 6. The van der Waals surface area contributed by atoms with E-state index in [9.17, 15) is 5.26 Å². The molecule has 1 aliphatic rings. The Balaban J connectivity index is 1.82. The Labute approximate surface area is 132 Å². The van der Waals surface area contributed by atoms with Crippen LogP contribution in [0.3, 0.4) is 0 Å². The van der Waals surface area contributed by atoms with Crippen LogP contribution in [0, 0.1) is 18.3 Å². The minimum absolute atomic E-state index is 0.460. The first kappa shape index (κ1) is 14.5. The average Bonchev–Trinajstić information content (AvgIpc) is 3.24. The van der Waals surface area contributed by atoms with Gasteiger partial charge in [-0.15, -0.1) is 10.2 Å². The van der Waals surface area contributed by atoms with Crippen molar-refractivity contribution in [1.29, 1.82) is 5.26 Å². The second-order valence-corrected chi connectivity index (χ2v) is 7.58. The van der Waals surface area contributed by atoms with Crippen molar-refractivity contribution >= 4 is 23.1 Å². The van der Waals surface area contributed by atoms with E-state index < -0.39 is 5.54 Å². The predicted octanol–water partition coefficient (Wildman–Crippen LogP) is 3.11. The minimum Gasteiger partial charge on any atom is -0.292 e. The van der Waals surface area contributed by atoms with Crippen LogP contribution in [0.15, 0.2) is 34.7 Å². The van der Waals surface area contributed by atoms with Crippen molar-refractivity contribution in [2.24, 2.45) is 0 Å². The van der Waals surface area contributed by atoms with Crippen molar-refractivity contribution in [2.45, 2.75) is 35.7 Å². The lowest BCUT2D eigenvalue weighted by Crippen LogP contribution is -2.44. The van der Waals surface area contributed by atoms with Crippen molar-refractivity contribution in [1.82, 2.24) is 15.5 Å². The zero-order valence-corrected chi connectivity index (χ0v) is 13.4. The van der Waals surface area contributed by atoms with Crippen LogP contribution in [0.25, 0.3) is 0 Å². The van der Waals surface area contributed by atoms with E-state index >= 15 is 0 Å². The summed E-state index contributed by atoms with van der Waals surface area (Å²) in [6, 6.07) is 12.9. The highest BCUT2D eigenvalue weighted by Crippen LogP contribution is 2.34. The van der Waals surface area contributed by atoms with E-state index in [4.69, 9.17) is 0 Å². The second-order valence-electron chi connectivity index (χ2n) is 5.18. The number of nitrogens with one attached hydrogen (secondary N) is 1. The number of nitrogens with zero attached hydrogens (tertiary/aromatic N) is 3. The molecule has 1 aliphatic carbocycles. The summed E-state index contributed by atoms with van der Waals surface area (Å²) in [5, 5.41) is 22.5. The number of nitriles is 1. The fourth-order valence-electron chi connectivity index (χ4n) is 2.14. The van der Waals surface area contributed by atoms with Gasteiger partial charge in [-0.05, 0) is 25.3 Å². The van der Waals surface area contributed by atoms with Crippen molar-refractivity contribution in [3.8, 4) is 6.07 Å². The molecule has 2 aromatic rings. The van der Waals surface area contributed by atoms with Gasteiger partial charge in [0.05, 0.1) is 6.07 Å². The van der Waals surface area contributed by atoms with Gasteiger partial charge in [0, 0.05) is 11.8 Å². The van der Waals surface area contributed by atoms with E-state index in [1.807, 2.05) is 37.3 Å². The van der Waals surface area contributed by atoms with Gasteiger partial charge >= 0.3 is 0 Å². The van der Waals surface area contributed by atoms with Gasteiger partial charge in [-0.25, -0.2) is 0 Å². The normalized spacial score (nSPS) is 17.1. The molecule has 108 valence electrons. The van der Waals surface area contributed by atoms with Gasteiger partial charge in [0.15, 0.2) is 4.34 Å². The Hall–Kier alpha value is -1.42. The first-order chi connectivity index (χ1) is 10.2. The van der Waals surface area contributed by atoms with E-state index in [1.165, 1.54) is 0 Å². The summed E-state index contributed by atoms with van der Waals surface area (Å²) in [4.78, 5) is 0. The molecule has 0 spiro atoms. The van der Waals surface area contributed by atoms with Gasteiger partial charge in [0.2, 0.25) is 0 Å². The molecule has 21 heavy (non-hydrogen) atoms. The number of aryl methyl sites for hydroxylation is 1. The van der Waals surface area contributed by atoms with Crippen LogP contribution in [0.2, 0.25) is 0 Å². The summed E-state index contributed by atoms with van der Waals surface area (Å²) in [5.74, 6) is 0.638.